The van der Waals surface area contributed by atoms with Gasteiger partial charge in [-0.2, -0.15) is 5.10 Å². The molecule has 2 aromatic rings. The SMILES string of the molecule is CCc1nnc(SCc2cccc(OC)c2)nc1CC. The normalized spacial score (nSPS) is 10.6. The average molecular weight is 289 g/mol. The van der Waals surface area contributed by atoms with Gasteiger partial charge in [0.15, 0.2) is 0 Å². The van der Waals surface area contributed by atoms with Crippen LogP contribution in [0, 0.1) is 0 Å². The van der Waals surface area contributed by atoms with E-state index in [0.29, 0.717) is 0 Å². The molecule has 0 saturated carbocycles. The van der Waals surface area contributed by atoms with Crippen LogP contribution in [0.15, 0.2) is 29.4 Å². The number of ether oxygens (including phenoxy) is 1. The highest BCUT2D eigenvalue weighted by molar-refractivity contribution is 7.98. The van der Waals surface area contributed by atoms with Crippen molar-refractivity contribution < 1.29 is 4.74 Å². The van der Waals surface area contributed by atoms with E-state index in [1.54, 1.807) is 18.9 Å². The van der Waals surface area contributed by atoms with Crippen molar-refractivity contribution in [2.75, 3.05) is 7.11 Å². The fraction of sp³-hybridized carbons (Fsp3) is 0.400. The van der Waals surface area contributed by atoms with Crippen molar-refractivity contribution in [3.8, 4) is 5.75 Å². The first-order chi connectivity index (χ1) is 9.76. The third kappa shape index (κ3) is 3.70. The van der Waals surface area contributed by atoms with Crippen molar-refractivity contribution in [2.24, 2.45) is 0 Å². The Labute approximate surface area is 124 Å². The van der Waals surface area contributed by atoms with Crippen LogP contribution in [0.4, 0.5) is 0 Å². The van der Waals surface area contributed by atoms with Crippen molar-refractivity contribution in [2.45, 2.75) is 37.6 Å². The number of hydrogen-bond donors (Lipinski definition) is 0. The van der Waals surface area contributed by atoms with Crippen molar-refractivity contribution in [1.29, 1.82) is 0 Å². The molecule has 0 saturated heterocycles. The van der Waals surface area contributed by atoms with Crippen molar-refractivity contribution in [3.63, 3.8) is 0 Å². The lowest BCUT2D eigenvalue weighted by molar-refractivity contribution is 0.414. The van der Waals surface area contributed by atoms with Gasteiger partial charge in [-0.05, 0) is 30.5 Å². The molecule has 106 valence electrons. The zero-order chi connectivity index (χ0) is 14.4. The number of hydrogen-bond acceptors (Lipinski definition) is 5. The van der Waals surface area contributed by atoms with Crippen LogP contribution < -0.4 is 4.74 Å². The smallest absolute Gasteiger partial charge is 0.209 e. The van der Waals surface area contributed by atoms with Crippen LogP contribution in [-0.4, -0.2) is 22.3 Å². The van der Waals surface area contributed by atoms with Crippen molar-refractivity contribution in [1.82, 2.24) is 15.2 Å². The molecule has 0 bridgehead atoms. The van der Waals surface area contributed by atoms with E-state index in [4.69, 9.17) is 4.74 Å². The van der Waals surface area contributed by atoms with E-state index in [1.807, 2.05) is 18.2 Å². The Balaban J connectivity index is 2.06. The summed E-state index contributed by atoms with van der Waals surface area (Å²) >= 11 is 1.60. The molecule has 0 spiro atoms. The zero-order valence-corrected chi connectivity index (χ0v) is 12.9. The molecule has 5 heteroatoms. The minimum absolute atomic E-state index is 0.738. The van der Waals surface area contributed by atoms with Gasteiger partial charge in [-0.1, -0.05) is 37.7 Å². The van der Waals surface area contributed by atoms with Gasteiger partial charge < -0.3 is 4.74 Å². The summed E-state index contributed by atoms with van der Waals surface area (Å²) in [5, 5.41) is 9.18. The summed E-state index contributed by atoms with van der Waals surface area (Å²) in [5.41, 5.74) is 3.24. The Morgan fingerprint density at radius 2 is 1.90 bits per heavy atom. The second-order valence-electron chi connectivity index (χ2n) is 4.34. The second-order valence-corrected chi connectivity index (χ2v) is 5.28. The first kappa shape index (κ1) is 14.8. The molecule has 20 heavy (non-hydrogen) atoms. The number of nitrogens with zero attached hydrogens (tertiary/aromatic N) is 3. The van der Waals surface area contributed by atoms with Gasteiger partial charge in [-0.25, -0.2) is 4.98 Å². The van der Waals surface area contributed by atoms with E-state index in [9.17, 15) is 0 Å². The van der Waals surface area contributed by atoms with E-state index in [2.05, 4.69) is 35.1 Å². The van der Waals surface area contributed by atoms with Gasteiger partial charge in [0.05, 0.1) is 18.5 Å². The number of aryl methyl sites for hydroxylation is 2. The quantitative estimate of drug-likeness (QED) is 0.764. The summed E-state index contributed by atoms with van der Waals surface area (Å²) in [6.07, 6.45) is 1.77. The van der Waals surface area contributed by atoms with E-state index in [0.717, 1.165) is 40.9 Å². The molecular formula is C15H19N3OS. The van der Waals surface area contributed by atoms with Gasteiger partial charge in [-0.15, -0.1) is 5.10 Å². The van der Waals surface area contributed by atoms with Gasteiger partial charge in [0.1, 0.15) is 5.75 Å². The predicted molar refractivity (Wildman–Crippen MR) is 81.1 cm³/mol. The van der Waals surface area contributed by atoms with Crippen molar-refractivity contribution in [3.05, 3.63) is 41.2 Å². The number of thioether (sulfide) groups is 1. The molecular weight excluding hydrogens is 270 g/mol. The maximum absolute atomic E-state index is 5.22. The van der Waals surface area contributed by atoms with Crippen LogP contribution in [0.1, 0.15) is 30.8 Å². The van der Waals surface area contributed by atoms with Gasteiger partial charge in [0, 0.05) is 5.75 Å². The largest absolute Gasteiger partial charge is 0.497 e. The molecule has 0 radical (unpaired) electrons. The summed E-state index contributed by atoms with van der Waals surface area (Å²) in [5.74, 6) is 1.69. The summed E-state index contributed by atoms with van der Waals surface area (Å²) in [6, 6.07) is 8.04. The Morgan fingerprint density at radius 1 is 1.10 bits per heavy atom. The molecule has 1 aromatic heterocycles. The zero-order valence-electron chi connectivity index (χ0n) is 12.1. The van der Waals surface area contributed by atoms with Crippen LogP contribution in [0.2, 0.25) is 0 Å². The second kappa shape index (κ2) is 7.24. The monoisotopic (exact) mass is 289 g/mol. The maximum atomic E-state index is 5.22. The summed E-state index contributed by atoms with van der Waals surface area (Å²) in [6.45, 7) is 4.17. The Kier molecular flexibility index (Phi) is 5.35. The molecule has 4 nitrogen and oxygen atoms in total. The highest BCUT2D eigenvalue weighted by atomic mass is 32.2. The third-order valence-corrected chi connectivity index (χ3v) is 3.90. The molecule has 0 unspecified atom stereocenters. The van der Waals surface area contributed by atoms with E-state index in [-0.39, 0.29) is 0 Å². The van der Waals surface area contributed by atoms with Crippen LogP contribution in [-0.2, 0) is 18.6 Å². The fourth-order valence-electron chi connectivity index (χ4n) is 1.89. The van der Waals surface area contributed by atoms with Crippen LogP contribution in [0.5, 0.6) is 5.75 Å². The van der Waals surface area contributed by atoms with Gasteiger partial charge in [-0.3, -0.25) is 0 Å². The molecule has 2 rings (SSSR count). The lowest BCUT2D eigenvalue weighted by atomic mass is 10.2. The molecule has 0 aliphatic carbocycles. The summed E-state index contributed by atoms with van der Waals surface area (Å²) < 4.78 is 5.22. The molecule has 0 aliphatic rings. The topological polar surface area (TPSA) is 47.9 Å². The molecule has 1 heterocycles. The Hall–Kier alpha value is -1.62. The maximum Gasteiger partial charge on any atom is 0.209 e. The predicted octanol–water partition coefficient (Wildman–Crippen LogP) is 3.30. The van der Waals surface area contributed by atoms with E-state index >= 15 is 0 Å². The lowest BCUT2D eigenvalue weighted by Gasteiger charge is -2.06. The van der Waals surface area contributed by atoms with E-state index in [1.165, 1.54) is 5.56 Å². The lowest BCUT2D eigenvalue weighted by Crippen LogP contribution is -2.03. The van der Waals surface area contributed by atoms with Crippen LogP contribution >= 0.6 is 11.8 Å². The van der Waals surface area contributed by atoms with Gasteiger partial charge >= 0.3 is 0 Å². The summed E-state index contributed by atoms with van der Waals surface area (Å²) in [7, 11) is 1.68. The minimum Gasteiger partial charge on any atom is -0.497 e. The first-order valence-electron chi connectivity index (χ1n) is 6.75. The van der Waals surface area contributed by atoms with Gasteiger partial charge in [0.25, 0.3) is 0 Å². The molecule has 0 atom stereocenters. The molecule has 0 fully saturated rings. The molecule has 0 amide bonds. The van der Waals surface area contributed by atoms with Crippen LogP contribution in [0.25, 0.3) is 0 Å². The standard InChI is InChI=1S/C15H19N3OS/c1-4-13-14(5-2)17-18-15(16-13)20-10-11-7-6-8-12(9-11)19-3/h6-9H,4-5,10H2,1-3H3. The van der Waals surface area contributed by atoms with E-state index < -0.39 is 0 Å². The van der Waals surface area contributed by atoms with Crippen LogP contribution in [0.3, 0.4) is 0 Å². The minimum atomic E-state index is 0.738. The average Bonchev–Trinajstić information content (AvgIpc) is 2.52. The highest BCUT2D eigenvalue weighted by Gasteiger charge is 2.07. The highest BCUT2D eigenvalue weighted by Crippen LogP contribution is 2.22. The Bertz CT molecular complexity index is 575. The Morgan fingerprint density at radius 3 is 2.60 bits per heavy atom. The number of methoxy groups -OCH3 is 1. The molecule has 1 aromatic carbocycles. The number of benzene rings is 1. The molecule has 0 N–H and O–H groups in total. The van der Waals surface area contributed by atoms with Gasteiger partial charge in [0.2, 0.25) is 5.16 Å². The fourth-order valence-corrected chi connectivity index (χ4v) is 2.64. The number of rotatable bonds is 6. The molecule has 0 aliphatic heterocycles. The van der Waals surface area contributed by atoms with Crippen molar-refractivity contribution >= 4 is 11.8 Å². The summed E-state index contributed by atoms with van der Waals surface area (Å²) in [4.78, 5) is 4.58. The first-order valence-corrected chi connectivity index (χ1v) is 7.73. The number of aromatic nitrogens is 3. The third-order valence-electron chi connectivity index (χ3n) is 2.99.